The van der Waals surface area contributed by atoms with E-state index in [1.54, 1.807) is 0 Å². The number of aromatic nitrogens is 3. The first-order valence-corrected chi connectivity index (χ1v) is 20.9. The summed E-state index contributed by atoms with van der Waals surface area (Å²) in [6.07, 6.45) is 8.68. The number of aliphatic hydroxyl groups excluding tert-OH is 1. The van der Waals surface area contributed by atoms with Gasteiger partial charge in [-0.15, -0.1) is 34.9 Å². The van der Waals surface area contributed by atoms with Crippen LogP contribution in [-0.2, 0) is 24.9 Å². The monoisotopic (exact) mass is 955 g/mol. The van der Waals surface area contributed by atoms with Gasteiger partial charge >= 0.3 is 0 Å². The Hall–Kier alpha value is -4.51. The first-order valence-electron chi connectivity index (χ1n) is 20.9. The minimum Gasteiger partial charge on any atom is -0.512 e. The van der Waals surface area contributed by atoms with E-state index in [9.17, 15) is 9.90 Å². The Kier molecular flexibility index (Phi) is 18.6. The SMILES string of the molecule is CCC(CC)C(=O)/C=C(\O)C(CC)CC.Cc1[c-]c(-c2nccc3cc(C(C)C)ccc23)cc(C)c1.Cc1cc(C)nc(-c2nccc3cc(C(C)C)ccc23)c1.[Ir]. The van der Waals surface area contributed by atoms with Crippen LogP contribution in [0.1, 0.15) is 126 Å². The fraction of sp³-hybridized carbons (Fsp3) is 0.385. The Bertz CT molecular complexity index is 2120. The van der Waals surface area contributed by atoms with E-state index in [2.05, 4.69) is 142 Å². The Morgan fingerprint density at radius 2 is 1.16 bits per heavy atom. The van der Waals surface area contributed by atoms with Crippen molar-refractivity contribution in [1.29, 1.82) is 0 Å². The van der Waals surface area contributed by atoms with Gasteiger partial charge in [-0.25, -0.2) is 0 Å². The zero-order valence-corrected chi connectivity index (χ0v) is 39.2. The molecule has 0 saturated carbocycles. The van der Waals surface area contributed by atoms with Gasteiger partial charge in [-0.05, 0) is 114 Å². The number of fused-ring (bicyclic) bond motifs is 2. The molecule has 3 heterocycles. The van der Waals surface area contributed by atoms with Gasteiger partial charge in [0.05, 0.1) is 17.1 Å². The molecule has 58 heavy (non-hydrogen) atoms. The molecule has 6 rings (SSSR count). The van der Waals surface area contributed by atoms with E-state index in [4.69, 9.17) is 0 Å². The molecule has 0 aliphatic rings. The van der Waals surface area contributed by atoms with Crippen LogP contribution in [-0.4, -0.2) is 25.8 Å². The molecule has 0 unspecified atom stereocenters. The van der Waals surface area contributed by atoms with Gasteiger partial charge in [0.25, 0.3) is 0 Å². The Labute approximate surface area is 362 Å². The van der Waals surface area contributed by atoms with Crippen molar-refractivity contribution in [3.8, 4) is 22.6 Å². The first-order chi connectivity index (χ1) is 27.2. The standard InChI is InChI=1S/C20H20N.C19H20N2.C13H24O2.Ir/c1-13(2)16-5-6-19-17(12-16)7-8-21-20(19)18-10-14(3)9-15(4)11-18;1-12(2)15-5-6-17-16(11-15)7-8-20-19(17)18-10-13(3)9-14(4)21-18;1-5-10(6-2)12(14)9-13(15)11(7-3)8-4;/h5-10,12-13H,1-4H3;5-12H,1-4H3;9-11,14H,5-8H2,1-4H3;/q-1;;;/b;;12-9-;. The number of hydrogen-bond donors (Lipinski definition) is 1. The number of aliphatic hydroxyl groups is 1. The van der Waals surface area contributed by atoms with Crippen LogP contribution in [0.4, 0.5) is 0 Å². The third-order valence-corrected chi connectivity index (χ3v) is 10.7. The van der Waals surface area contributed by atoms with E-state index in [-0.39, 0.29) is 43.5 Å². The summed E-state index contributed by atoms with van der Waals surface area (Å²) in [5.41, 5.74) is 11.4. The second-order valence-electron chi connectivity index (χ2n) is 16.0. The maximum atomic E-state index is 11.7. The number of benzene rings is 3. The topological polar surface area (TPSA) is 76.0 Å². The summed E-state index contributed by atoms with van der Waals surface area (Å²) < 4.78 is 0. The van der Waals surface area contributed by atoms with E-state index >= 15 is 0 Å². The van der Waals surface area contributed by atoms with Crippen LogP contribution in [0.3, 0.4) is 0 Å². The van der Waals surface area contributed by atoms with Gasteiger partial charge < -0.3 is 10.1 Å². The number of allylic oxidation sites excluding steroid dienone is 2. The van der Waals surface area contributed by atoms with Crippen molar-refractivity contribution < 1.29 is 30.0 Å². The van der Waals surface area contributed by atoms with Crippen molar-refractivity contribution in [1.82, 2.24) is 15.0 Å². The molecule has 0 aliphatic heterocycles. The first kappa shape index (κ1) is 47.9. The minimum atomic E-state index is 0. The van der Waals surface area contributed by atoms with E-state index < -0.39 is 0 Å². The van der Waals surface area contributed by atoms with Crippen molar-refractivity contribution in [2.75, 3.05) is 0 Å². The summed E-state index contributed by atoms with van der Waals surface area (Å²) in [7, 11) is 0. The average molecular weight is 955 g/mol. The third kappa shape index (κ3) is 12.7. The summed E-state index contributed by atoms with van der Waals surface area (Å²) in [5.74, 6) is 1.62. The number of aryl methyl sites for hydroxylation is 4. The molecule has 5 nitrogen and oxygen atoms in total. The molecule has 0 fully saturated rings. The van der Waals surface area contributed by atoms with Crippen molar-refractivity contribution in [2.45, 2.75) is 121 Å². The quantitative estimate of drug-likeness (QED) is 0.0795. The van der Waals surface area contributed by atoms with Gasteiger partial charge in [-0.1, -0.05) is 106 Å². The normalized spacial score (nSPS) is 11.4. The van der Waals surface area contributed by atoms with E-state index in [1.165, 1.54) is 49.9 Å². The Morgan fingerprint density at radius 1 is 0.655 bits per heavy atom. The zero-order valence-electron chi connectivity index (χ0n) is 36.8. The van der Waals surface area contributed by atoms with Gasteiger partial charge in [0.15, 0.2) is 5.78 Å². The molecule has 0 atom stereocenters. The van der Waals surface area contributed by atoms with Crippen molar-refractivity contribution in [3.05, 3.63) is 137 Å². The molecule has 1 radical (unpaired) electrons. The Balaban J connectivity index is 0.000000235. The van der Waals surface area contributed by atoms with Crippen molar-refractivity contribution >= 4 is 27.3 Å². The fourth-order valence-corrected chi connectivity index (χ4v) is 7.29. The summed E-state index contributed by atoms with van der Waals surface area (Å²) in [6.45, 7) is 25.3. The van der Waals surface area contributed by atoms with Crippen LogP contribution < -0.4 is 0 Å². The Morgan fingerprint density at radius 3 is 1.64 bits per heavy atom. The van der Waals surface area contributed by atoms with E-state index in [1.807, 2.05) is 47.0 Å². The predicted molar refractivity (Wildman–Crippen MR) is 242 cm³/mol. The molecule has 6 heteroatoms. The molecular weight excluding hydrogens is 891 g/mol. The second kappa shape index (κ2) is 22.6. The number of carbonyl (C=O) groups is 1. The fourth-order valence-electron chi connectivity index (χ4n) is 7.29. The van der Waals surface area contributed by atoms with Crippen LogP contribution in [0.5, 0.6) is 0 Å². The molecule has 1 N–H and O–H groups in total. The number of carbonyl (C=O) groups excluding carboxylic acids is 1. The molecule has 309 valence electrons. The van der Waals surface area contributed by atoms with E-state index in [0.29, 0.717) is 11.8 Å². The smallest absolute Gasteiger partial charge is 0.162 e. The summed E-state index contributed by atoms with van der Waals surface area (Å²) in [6, 6.07) is 29.4. The number of pyridine rings is 3. The largest absolute Gasteiger partial charge is 0.512 e. The van der Waals surface area contributed by atoms with Gasteiger partial charge in [0.1, 0.15) is 0 Å². The molecule has 0 bridgehead atoms. The second-order valence-corrected chi connectivity index (χ2v) is 16.0. The van der Waals surface area contributed by atoms with Crippen LogP contribution in [0.2, 0.25) is 0 Å². The van der Waals surface area contributed by atoms with Crippen LogP contribution in [0.15, 0.2) is 97.0 Å². The number of nitrogens with zero attached hydrogens (tertiary/aromatic N) is 3. The van der Waals surface area contributed by atoms with Crippen LogP contribution >= 0.6 is 0 Å². The van der Waals surface area contributed by atoms with Gasteiger partial charge in [-0.2, -0.15) is 0 Å². The van der Waals surface area contributed by atoms with Crippen molar-refractivity contribution in [2.24, 2.45) is 11.8 Å². The summed E-state index contributed by atoms with van der Waals surface area (Å²) in [5, 5.41) is 14.6. The zero-order chi connectivity index (χ0) is 41.8. The van der Waals surface area contributed by atoms with Crippen LogP contribution in [0, 0.1) is 45.6 Å². The average Bonchev–Trinajstić information content (AvgIpc) is 3.17. The summed E-state index contributed by atoms with van der Waals surface area (Å²) in [4.78, 5) is 25.5. The molecule has 3 aromatic heterocycles. The molecule has 0 saturated heterocycles. The van der Waals surface area contributed by atoms with Gasteiger partial charge in [0, 0.05) is 61.5 Å². The molecule has 3 aromatic carbocycles. The van der Waals surface area contributed by atoms with Gasteiger partial charge in [0.2, 0.25) is 0 Å². The molecule has 6 aromatic rings. The minimum absolute atomic E-state index is 0. The number of hydrogen-bond acceptors (Lipinski definition) is 5. The number of rotatable bonds is 11. The van der Waals surface area contributed by atoms with Crippen molar-refractivity contribution in [3.63, 3.8) is 0 Å². The summed E-state index contributed by atoms with van der Waals surface area (Å²) >= 11 is 0. The molecule has 0 amide bonds. The predicted octanol–water partition coefficient (Wildman–Crippen LogP) is 14.3. The maximum absolute atomic E-state index is 11.7. The number of ketones is 1. The van der Waals surface area contributed by atoms with Crippen LogP contribution in [0.25, 0.3) is 44.2 Å². The molecule has 0 aliphatic carbocycles. The molecule has 0 spiro atoms. The molecular formula is C52H64IrN3O2-. The third-order valence-electron chi connectivity index (χ3n) is 10.7. The maximum Gasteiger partial charge on any atom is 0.162 e. The van der Waals surface area contributed by atoms with E-state index in [0.717, 1.165) is 59.6 Å². The van der Waals surface area contributed by atoms with Gasteiger partial charge in [-0.3, -0.25) is 14.8 Å².